The zero-order valence-corrected chi connectivity index (χ0v) is 18.0. The van der Waals surface area contributed by atoms with Crippen molar-refractivity contribution in [3.8, 4) is 0 Å². The van der Waals surface area contributed by atoms with Crippen LogP contribution in [0.4, 0.5) is 23.7 Å². The summed E-state index contributed by atoms with van der Waals surface area (Å²) >= 11 is 11.2. The summed E-state index contributed by atoms with van der Waals surface area (Å²) in [6.07, 6.45) is -4.48. The molecule has 0 aliphatic carbocycles. The van der Waals surface area contributed by atoms with Crippen LogP contribution in [0.15, 0.2) is 48.5 Å². The van der Waals surface area contributed by atoms with Gasteiger partial charge >= 0.3 is 12.2 Å². The van der Waals surface area contributed by atoms with Gasteiger partial charge in [-0.25, -0.2) is 4.79 Å². The quantitative estimate of drug-likeness (QED) is 0.437. The molecular formula is C18H14Br2ClF3N2O2. The van der Waals surface area contributed by atoms with Gasteiger partial charge in [-0.15, -0.1) is 0 Å². The molecule has 0 bridgehead atoms. The van der Waals surface area contributed by atoms with Crippen LogP contribution in [0.1, 0.15) is 22.3 Å². The first-order valence-corrected chi connectivity index (χ1v) is 9.86. The summed E-state index contributed by atoms with van der Waals surface area (Å²) in [5, 5.41) is 4.84. The van der Waals surface area contributed by atoms with E-state index in [0.29, 0.717) is 11.3 Å². The topological polar surface area (TPSA) is 58.2 Å². The molecule has 0 unspecified atom stereocenters. The van der Waals surface area contributed by atoms with E-state index >= 15 is 0 Å². The molecule has 2 aromatic carbocycles. The first-order valence-electron chi connectivity index (χ1n) is 7.90. The van der Waals surface area contributed by atoms with Gasteiger partial charge in [0.2, 0.25) is 0 Å². The van der Waals surface area contributed by atoms with Crippen LogP contribution < -0.4 is 10.6 Å². The molecule has 28 heavy (non-hydrogen) atoms. The number of halogens is 6. The standard InChI is InChI=1S/C18H14Br2ClF3N2O2/c19-17(20,18(22,23)24)10-9-11-5-7-12(8-6-11)25-16(28)26-15(27)13-3-1-2-4-14(13)21/h1-8H,9-10H2,(H2,25,26,27,28). The van der Waals surface area contributed by atoms with Crippen LogP contribution in [0.3, 0.4) is 0 Å². The molecule has 0 spiro atoms. The lowest BCUT2D eigenvalue weighted by molar-refractivity contribution is -0.134. The Bertz CT molecular complexity index is 859. The predicted octanol–water partition coefficient (Wildman–Crippen LogP) is 6.28. The first kappa shape index (κ1) is 22.7. The van der Waals surface area contributed by atoms with Gasteiger partial charge in [-0.1, -0.05) is 67.7 Å². The zero-order valence-electron chi connectivity index (χ0n) is 14.1. The van der Waals surface area contributed by atoms with Crippen molar-refractivity contribution >= 4 is 61.1 Å². The van der Waals surface area contributed by atoms with Crippen LogP contribution in [0.25, 0.3) is 0 Å². The summed E-state index contributed by atoms with van der Waals surface area (Å²) in [5.41, 5.74) is 1.20. The number of alkyl halides is 5. The maximum absolute atomic E-state index is 12.8. The number of carbonyl (C=O) groups is 2. The fraction of sp³-hybridized carbons (Fsp3) is 0.222. The molecule has 0 fully saturated rings. The SMILES string of the molecule is O=C(NC(=O)c1ccccc1Cl)Nc1ccc(CCC(Br)(Br)C(F)(F)F)cc1. The van der Waals surface area contributed by atoms with Gasteiger partial charge < -0.3 is 5.32 Å². The van der Waals surface area contributed by atoms with Crippen molar-refractivity contribution in [2.24, 2.45) is 0 Å². The lowest BCUT2D eigenvalue weighted by atomic mass is 10.1. The Kier molecular flexibility index (Phi) is 7.52. The maximum Gasteiger partial charge on any atom is 0.413 e. The van der Waals surface area contributed by atoms with Gasteiger partial charge in [0, 0.05) is 5.69 Å². The molecule has 0 aliphatic rings. The predicted molar refractivity (Wildman–Crippen MR) is 109 cm³/mol. The van der Waals surface area contributed by atoms with Crippen LogP contribution in [-0.2, 0) is 6.42 Å². The average molecular weight is 543 g/mol. The normalized spacial score (nSPS) is 11.8. The minimum absolute atomic E-state index is 0.160. The molecule has 2 N–H and O–H groups in total. The molecule has 0 saturated heterocycles. The zero-order chi connectivity index (χ0) is 20.9. The summed E-state index contributed by atoms with van der Waals surface area (Å²) in [6.45, 7) is 0. The molecule has 0 saturated carbocycles. The fourth-order valence-electron chi connectivity index (χ4n) is 2.18. The summed E-state index contributed by atoms with van der Waals surface area (Å²) < 4.78 is 36.3. The third-order valence-corrected chi connectivity index (χ3v) is 5.72. The van der Waals surface area contributed by atoms with Gasteiger partial charge in [-0.3, -0.25) is 10.1 Å². The number of urea groups is 1. The van der Waals surface area contributed by atoms with Crippen LogP contribution >= 0.6 is 43.5 Å². The third-order valence-electron chi connectivity index (χ3n) is 3.70. The number of carbonyl (C=O) groups excluding carboxylic acids is 2. The van der Waals surface area contributed by atoms with E-state index in [4.69, 9.17) is 11.6 Å². The molecular weight excluding hydrogens is 528 g/mol. The number of benzene rings is 2. The number of nitrogens with one attached hydrogen (secondary N) is 2. The highest BCUT2D eigenvalue weighted by molar-refractivity contribution is 9.25. The van der Waals surface area contributed by atoms with Gasteiger partial charge in [-0.05, 0) is 42.7 Å². The van der Waals surface area contributed by atoms with Crippen molar-refractivity contribution in [3.05, 3.63) is 64.7 Å². The highest BCUT2D eigenvalue weighted by Gasteiger charge is 2.50. The van der Waals surface area contributed by atoms with Crippen molar-refractivity contribution in [2.75, 3.05) is 5.32 Å². The van der Waals surface area contributed by atoms with Crippen molar-refractivity contribution in [1.82, 2.24) is 5.32 Å². The Morgan fingerprint density at radius 1 is 1.00 bits per heavy atom. The Morgan fingerprint density at radius 3 is 2.18 bits per heavy atom. The van der Waals surface area contributed by atoms with Crippen LogP contribution in [0, 0.1) is 0 Å². The molecule has 0 aliphatic heterocycles. The smallest absolute Gasteiger partial charge is 0.308 e. The Morgan fingerprint density at radius 2 is 1.61 bits per heavy atom. The Hall–Kier alpha value is -1.58. The van der Waals surface area contributed by atoms with E-state index in [1.807, 2.05) is 0 Å². The molecule has 0 radical (unpaired) electrons. The summed E-state index contributed by atoms with van der Waals surface area (Å²) in [6, 6.07) is 11.8. The lowest BCUT2D eigenvalue weighted by Gasteiger charge is -2.23. The van der Waals surface area contributed by atoms with E-state index in [9.17, 15) is 22.8 Å². The fourth-order valence-corrected chi connectivity index (χ4v) is 2.79. The van der Waals surface area contributed by atoms with Crippen molar-refractivity contribution in [1.29, 1.82) is 0 Å². The first-order chi connectivity index (χ1) is 13.0. The van der Waals surface area contributed by atoms with E-state index < -0.39 is 21.3 Å². The molecule has 2 rings (SSSR count). The summed E-state index contributed by atoms with van der Waals surface area (Å²) in [4.78, 5) is 24.0. The van der Waals surface area contributed by atoms with Crippen LogP contribution in [0.2, 0.25) is 5.02 Å². The molecule has 4 nitrogen and oxygen atoms in total. The van der Waals surface area contributed by atoms with Gasteiger partial charge in [0.15, 0.2) is 3.23 Å². The van der Waals surface area contributed by atoms with E-state index in [2.05, 4.69) is 42.5 Å². The van der Waals surface area contributed by atoms with Crippen molar-refractivity contribution in [3.63, 3.8) is 0 Å². The van der Waals surface area contributed by atoms with Gasteiger partial charge in [-0.2, -0.15) is 13.2 Å². The second kappa shape index (κ2) is 9.28. The monoisotopic (exact) mass is 540 g/mol. The highest BCUT2D eigenvalue weighted by Crippen LogP contribution is 2.46. The Labute approximate surface area is 181 Å². The van der Waals surface area contributed by atoms with Gasteiger partial charge in [0.25, 0.3) is 5.91 Å². The molecule has 2 aromatic rings. The summed E-state index contributed by atoms with van der Waals surface area (Å²) in [7, 11) is 0. The number of amides is 3. The molecule has 0 heterocycles. The molecule has 3 amide bonds. The van der Waals surface area contributed by atoms with E-state index in [1.165, 1.54) is 24.3 Å². The highest BCUT2D eigenvalue weighted by atomic mass is 79.9. The second-order valence-electron chi connectivity index (χ2n) is 5.79. The largest absolute Gasteiger partial charge is 0.413 e. The van der Waals surface area contributed by atoms with E-state index in [1.54, 1.807) is 24.3 Å². The third kappa shape index (κ3) is 6.22. The average Bonchev–Trinajstić information content (AvgIpc) is 2.60. The molecule has 150 valence electrons. The number of rotatable bonds is 5. The second-order valence-corrected chi connectivity index (χ2v) is 9.97. The maximum atomic E-state index is 12.8. The van der Waals surface area contributed by atoms with Crippen molar-refractivity contribution < 1.29 is 22.8 Å². The molecule has 10 heteroatoms. The number of hydrogen-bond donors (Lipinski definition) is 2. The van der Waals surface area contributed by atoms with Gasteiger partial charge in [0.1, 0.15) is 0 Å². The minimum atomic E-state index is -4.43. The molecule has 0 aromatic heterocycles. The Balaban J connectivity index is 1.91. The van der Waals surface area contributed by atoms with Crippen LogP contribution in [-0.4, -0.2) is 21.3 Å². The van der Waals surface area contributed by atoms with E-state index in [-0.39, 0.29) is 23.4 Å². The van der Waals surface area contributed by atoms with Gasteiger partial charge in [0.05, 0.1) is 10.6 Å². The summed E-state index contributed by atoms with van der Waals surface area (Å²) in [5.74, 6) is -0.655. The minimum Gasteiger partial charge on any atom is -0.308 e. The number of hydrogen-bond acceptors (Lipinski definition) is 2. The van der Waals surface area contributed by atoms with Crippen molar-refractivity contribution in [2.45, 2.75) is 22.3 Å². The lowest BCUT2D eigenvalue weighted by Crippen LogP contribution is -2.34. The van der Waals surface area contributed by atoms with Crippen LogP contribution in [0.5, 0.6) is 0 Å². The number of imide groups is 1. The molecule has 0 atom stereocenters. The van der Waals surface area contributed by atoms with E-state index in [0.717, 1.165) is 0 Å². The number of anilines is 1. The number of aryl methyl sites for hydroxylation is 1.